The number of hydrogen-bond donors (Lipinski definition) is 0. The highest BCUT2D eigenvalue weighted by molar-refractivity contribution is 5.80. The first-order valence-corrected chi connectivity index (χ1v) is 4.39. The van der Waals surface area contributed by atoms with Crippen LogP contribution in [0.5, 0.6) is 0 Å². The lowest BCUT2D eigenvalue weighted by Gasteiger charge is -2.27. The summed E-state index contributed by atoms with van der Waals surface area (Å²) in [7, 11) is 3.11. The Balaban J connectivity index is 4.25. The van der Waals surface area contributed by atoms with Gasteiger partial charge in [0.15, 0.2) is 0 Å². The molecular formula is C10H19NO2. The summed E-state index contributed by atoms with van der Waals surface area (Å²) in [6.07, 6.45) is 3.46. The first-order chi connectivity index (χ1) is 5.95. The molecule has 3 nitrogen and oxygen atoms in total. The quantitative estimate of drug-likeness (QED) is 0.484. The average molecular weight is 185 g/mol. The predicted molar refractivity (Wildman–Crippen MR) is 53.0 cm³/mol. The van der Waals surface area contributed by atoms with E-state index in [0.29, 0.717) is 0 Å². The van der Waals surface area contributed by atoms with Crippen LogP contribution in [0.2, 0.25) is 0 Å². The number of amides is 1. The number of carbonyl (C=O) groups is 1. The van der Waals surface area contributed by atoms with Gasteiger partial charge in [0.2, 0.25) is 0 Å². The standard InChI is InChI=1S/C10H19NO2/c1-6-7-8-10(2,3)9(12)11(4)13-5/h6H,1,7-8H2,2-5H3. The Morgan fingerprint density at radius 2 is 2.15 bits per heavy atom. The van der Waals surface area contributed by atoms with Crippen molar-refractivity contribution in [3.05, 3.63) is 12.7 Å². The minimum atomic E-state index is -0.376. The second-order valence-corrected chi connectivity index (χ2v) is 3.70. The van der Waals surface area contributed by atoms with Crippen molar-refractivity contribution in [1.29, 1.82) is 0 Å². The first-order valence-electron chi connectivity index (χ1n) is 4.39. The summed E-state index contributed by atoms with van der Waals surface area (Å²) in [5.74, 6) is -0.00292. The number of hydrogen-bond acceptors (Lipinski definition) is 2. The van der Waals surface area contributed by atoms with Crippen molar-refractivity contribution in [2.24, 2.45) is 5.41 Å². The monoisotopic (exact) mass is 185 g/mol. The molecule has 0 unspecified atom stereocenters. The second-order valence-electron chi connectivity index (χ2n) is 3.70. The van der Waals surface area contributed by atoms with Crippen LogP contribution in [0.15, 0.2) is 12.7 Å². The fourth-order valence-corrected chi connectivity index (χ4v) is 1.08. The Kier molecular flexibility index (Phi) is 4.70. The summed E-state index contributed by atoms with van der Waals surface area (Å²) < 4.78 is 0. The van der Waals surface area contributed by atoms with Gasteiger partial charge in [-0.1, -0.05) is 19.9 Å². The summed E-state index contributed by atoms with van der Waals surface area (Å²) >= 11 is 0. The fourth-order valence-electron chi connectivity index (χ4n) is 1.08. The molecule has 0 N–H and O–H groups in total. The highest BCUT2D eigenvalue weighted by Gasteiger charge is 2.29. The van der Waals surface area contributed by atoms with Gasteiger partial charge in [-0.2, -0.15) is 0 Å². The molecule has 76 valence electrons. The largest absolute Gasteiger partial charge is 0.275 e. The zero-order valence-electron chi connectivity index (χ0n) is 8.96. The van der Waals surface area contributed by atoms with Gasteiger partial charge >= 0.3 is 0 Å². The van der Waals surface area contributed by atoms with Crippen molar-refractivity contribution in [2.75, 3.05) is 14.2 Å². The van der Waals surface area contributed by atoms with Crippen molar-refractivity contribution < 1.29 is 9.63 Å². The molecule has 1 amide bonds. The van der Waals surface area contributed by atoms with E-state index in [-0.39, 0.29) is 11.3 Å². The van der Waals surface area contributed by atoms with Crippen LogP contribution in [0.4, 0.5) is 0 Å². The topological polar surface area (TPSA) is 29.5 Å². The second kappa shape index (κ2) is 5.02. The van der Waals surface area contributed by atoms with E-state index >= 15 is 0 Å². The lowest BCUT2D eigenvalue weighted by Crippen LogP contribution is -2.37. The van der Waals surface area contributed by atoms with Crippen LogP contribution in [0.25, 0.3) is 0 Å². The Morgan fingerprint density at radius 1 is 1.62 bits per heavy atom. The summed E-state index contributed by atoms with van der Waals surface area (Å²) in [5.41, 5.74) is -0.376. The van der Waals surface area contributed by atoms with Gasteiger partial charge < -0.3 is 0 Å². The summed E-state index contributed by atoms with van der Waals surface area (Å²) in [4.78, 5) is 16.5. The molecule has 0 saturated carbocycles. The van der Waals surface area contributed by atoms with Crippen LogP contribution in [-0.4, -0.2) is 25.1 Å². The zero-order chi connectivity index (χ0) is 10.5. The molecule has 0 aromatic heterocycles. The number of hydroxylamine groups is 2. The molecule has 13 heavy (non-hydrogen) atoms. The fraction of sp³-hybridized carbons (Fsp3) is 0.700. The van der Waals surface area contributed by atoms with Crippen LogP contribution < -0.4 is 0 Å². The van der Waals surface area contributed by atoms with Gasteiger partial charge in [0.05, 0.1) is 7.11 Å². The highest BCUT2D eigenvalue weighted by atomic mass is 16.7. The van der Waals surface area contributed by atoms with E-state index in [1.54, 1.807) is 7.05 Å². The van der Waals surface area contributed by atoms with Crippen molar-refractivity contribution in [1.82, 2.24) is 5.06 Å². The minimum absolute atomic E-state index is 0.00292. The summed E-state index contributed by atoms with van der Waals surface area (Å²) in [6.45, 7) is 7.45. The SMILES string of the molecule is C=CCCC(C)(C)C(=O)N(C)OC. The molecule has 0 aliphatic rings. The molecule has 0 atom stereocenters. The predicted octanol–water partition coefficient (Wildman–Crippen LogP) is 2.00. The van der Waals surface area contributed by atoms with Crippen LogP contribution in [0.3, 0.4) is 0 Å². The number of rotatable bonds is 5. The maximum absolute atomic E-state index is 11.7. The Morgan fingerprint density at radius 3 is 2.54 bits per heavy atom. The van der Waals surface area contributed by atoms with E-state index in [2.05, 4.69) is 6.58 Å². The van der Waals surface area contributed by atoms with Crippen LogP contribution >= 0.6 is 0 Å². The third kappa shape index (κ3) is 3.59. The Bertz CT molecular complexity index is 187. The van der Waals surface area contributed by atoms with E-state index in [1.165, 1.54) is 12.2 Å². The van der Waals surface area contributed by atoms with Gasteiger partial charge in [0, 0.05) is 12.5 Å². The lowest BCUT2D eigenvalue weighted by atomic mass is 9.87. The molecule has 0 aliphatic heterocycles. The Labute approximate surface area is 80.3 Å². The van der Waals surface area contributed by atoms with Gasteiger partial charge in [0.1, 0.15) is 0 Å². The molecule has 0 bridgehead atoms. The molecule has 0 aliphatic carbocycles. The molecule has 0 aromatic rings. The molecule has 0 radical (unpaired) electrons. The van der Waals surface area contributed by atoms with Crippen molar-refractivity contribution in [2.45, 2.75) is 26.7 Å². The van der Waals surface area contributed by atoms with Crippen molar-refractivity contribution in [3.63, 3.8) is 0 Å². The maximum Gasteiger partial charge on any atom is 0.251 e. The van der Waals surface area contributed by atoms with E-state index in [0.717, 1.165) is 12.8 Å². The lowest BCUT2D eigenvalue weighted by molar-refractivity contribution is -0.178. The van der Waals surface area contributed by atoms with Gasteiger partial charge in [0.25, 0.3) is 5.91 Å². The molecule has 3 heteroatoms. The van der Waals surface area contributed by atoms with Crippen LogP contribution in [0.1, 0.15) is 26.7 Å². The van der Waals surface area contributed by atoms with Gasteiger partial charge in [-0.3, -0.25) is 9.63 Å². The van der Waals surface area contributed by atoms with E-state index in [1.807, 2.05) is 19.9 Å². The van der Waals surface area contributed by atoms with Gasteiger partial charge in [-0.25, -0.2) is 5.06 Å². The Hall–Kier alpha value is -0.830. The number of allylic oxidation sites excluding steroid dienone is 1. The molecule has 0 heterocycles. The number of carbonyl (C=O) groups excluding carboxylic acids is 1. The van der Waals surface area contributed by atoms with Crippen LogP contribution in [0, 0.1) is 5.41 Å². The third-order valence-corrected chi connectivity index (χ3v) is 2.11. The maximum atomic E-state index is 11.7. The molecular weight excluding hydrogens is 166 g/mol. The van der Waals surface area contributed by atoms with Gasteiger partial charge in [-0.05, 0) is 12.8 Å². The van der Waals surface area contributed by atoms with E-state index < -0.39 is 0 Å². The molecule has 0 saturated heterocycles. The highest BCUT2D eigenvalue weighted by Crippen LogP contribution is 2.24. The summed E-state index contributed by atoms with van der Waals surface area (Å²) in [6, 6.07) is 0. The first kappa shape index (κ1) is 12.2. The summed E-state index contributed by atoms with van der Waals surface area (Å²) in [5, 5.41) is 1.27. The van der Waals surface area contributed by atoms with E-state index in [9.17, 15) is 4.79 Å². The molecule has 0 aromatic carbocycles. The average Bonchev–Trinajstić information content (AvgIpc) is 2.12. The minimum Gasteiger partial charge on any atom is -0.275 e. The molecule has 0 fully saturated rings. The molecule has 0 rings (SSSR count). The normalized spacial score (nSPS) is 11.1. The van der Waals surface area contributed by atoms with Gasteiger partial charge in [-0.15, -0.1) is 6.58 Å². The van der Waals surface area contributed by atoms with Crippen molar-refractivity contribution in [3.8, 4) is 0 Å². The third-order valence-electron chi connectivity index (χ3n) is 2.11. The smallest absolute Gasteiger partial charge is 0.251 e. The number of nitrogens with zero attached hydrogens (tertiary/aromatic N) is 1. The van der Waals surface area contributed by atoms with E-state index in [4.69, 9.17) is 4.84 Å². The van der Waals surface area contributed by atoms with Crippen molar-refractivity contribution >= 4 is 5.91 Å². The zero-order valence-corrected chi connectivity index (χ0v) is 8.96. The molecule has 0 spiro atoms. The van der Waals surface area contributed by atoms with Crippen LogP contribution in [-0.2, 0) is 9.63 Å².